The van der Waals surface area contributed by atoms with Gasteiger partial charge in [0.1, 0.15) is 5.82 Å². The number of hydrogen-bond acceptors (Lipinski definition) is 1. The first-order valence-electron chi connectivity index (χ1n) is 6.88. The van der Waals surface area contributed by atoms with E-state index in [2.05, 4.69) is 0 Å². The summed E-state index contributed by atoms with van der Waals surface area (Å²) in [6.45, 7) is 0.502. The van der Waals surface area contributed by atoms with Gasteiger partial charge in [-0.05, 0) is 36.9 Å². The molecule has 1 aliphatic carbocycles. The first-order chi connectivity index (χ1) is 8.74. The van der Waals surface area contributed by atoms with Gasteiger partial charge in [0, 0.05) is 5.92 Å². The van der Waals surface area contributed by atoms with E-state index < -0.39 is 0 Å². The summed E-state index contributed by atoms with van der Waals surface area (Å²) in [6, 6.07) is 5.25. The van der Waals surface area contributed by atoms with Crippen molar-refractivity contribution in [3.63, 3.8) is 0 Å². The van der Waals surface area contributed by atoms with Crippen molar-refractivity contribution in [2.24, 2.45) is 11.7 Å². The van der Waals surface area contributed by atoms with Gasteiger partial charge in [-0.3, -0.25) is 0 Å². The van der Waals surface area contributed by atoms with Crippen LogP contribution in [0.15, 0.2) is 18.2 Å². The molecule has 2 N–H and O–H groups in total. The number of hydrogen-bond donors (Lipinski definition) is 1. The molecule has 0 heterocycles. The van der Waals surface area contributed by atoms with Crippen LogP contribution in [0, 0.1) is 11.7 Å². The predicted molar refractivity (Wildman–Crippen MR) is 74.4 cm³/mol. The molecule has 0 aromatic heterocycles. The predicted octanol–water partition coefficient (Wildman–Crippen LogP) is 4.49. The molecule has 0 aliphatic heterocycles. The van der Waals surface area contributed by atoms with Gasteiger partial charge >= 0.3 is 0 Å². The average Bonchev–Trinajstić information content (AvgIpc) is 2.64. The zero-order chi connectivity index (χ0) is 13.0. The molecule has 0 spiro atoms. The standard InChI is InChI=1S/C15H21ClFN/c16-14-9-5-8-12(15(14)17)13(10-18)11-6-3-1-2-4-7-11/h5,8-9,11,13H,1-4,6-7,10,18H2. The highest BCUT2D eigenvalue weighted by Gasteiger charge is 2.25. The maximum Gasteiger partial charge on any atom is 0.145 e. The maximum atomic E-state index is 14.1. The highest BCUT2D eigenvalue weighted by atomic mass is 35.5. The van der Waals surface area contributed by atoms with Crippen LogP contribution in [0.4, 0.5) is 4.39 Å². The van der Waals surface area contributed by atoms with E-state index >= 15 is 0 Å². The summed E-state index contributed by atoms with van der Waals surface area (Å²) in [5.41, 5.74) is 6.60. The molecule has 1 saturated carbocycles. The fourth-order valence-electron chi connectivity index (χ4n) is 3.09. The Bertz CT molecular complexity index is 386. The van der Waals surface area contributed by atoms with Gasteiger partial charge in [-0.15, -0.1) is 0 Å². The van der Waals surface area contributed by atoms with E-state index in [4.69, 9.17) is 17.3 Å². The van der Waals surface area contributed by atoms with Crippen molar-refractivity contribution in [1.82, 2.24) is 0 Å². The molecule has 1 aromatic carbocycles. The molecule has 100 valence electrons. The fourth-order valence-corrected chi connectivity index (χ4v) is 3.28. The van der Waals surface area contributed by atoms with E-state index in [0.29, 0.717) is 18.0 Å². The molecule has 18 heavy (non-hydrogen) atoms. The van der Waals surface area contributed by atoms with Gasteiger partial charge in [-0.1, -0.05) is 49.4 Å². The molecule has 1 unspecified atom stereocenters. The maximum absolute atomic E-state index is 14.1. The zero-order valence-electron chi connectivity index (χ0n) is 10.7. The Balaban J connectivity index is 2.23. The van der Waals surface area contributed by atoms with E-state index in [1.54, 1.807) is 6.07 Å². The lowest BCUT2D eigenvalue weighted by atomic mass is 9.81. The van der Waals surface area contributed by atoms with Crippen LogP contribution in [0.5, 0.6) is 0 Å². The van der Waals surface area contributed by atoms with Gasteiger partial charge in [0.25, 0.3) is 0 Å². The highest BCUT2D eigenvalue weighted by Crippen LogP contribution is 2.36. The molecule has 0 radical (unpaired) electrons. The van der Waals surface area contributed by atoms with Crippen molar-refractivity contribution in [2.45, 2.75) is 44.4 Å². The topological polar surface area (TPSA) is 26.0 Å². The third kappa shape index (κ3) is 3.04. The monoisotopic (exact) mass is 269 g/mol. The summed E-state index contributed by atoms with van der Waals surface area (Å²) < 4.78 is 14.1. The van der Waals surface area contributed by atoms with Crippen LogP contribution in [0.25, 0.3) is 0 Å². The Morgan fingerprint density at radius 1 is 1.22 bits per heavy atom. The largest absolute Gasteiger partial charge is 0.330 e. The Labute approximate surface area is 114 Å². The van der Waals surface area contributed by atoms with E-state index in [0.717, 1.165) is 12.8 Å². The number of rotatable bonds is 3. The van der Waals surface area contributed by atoms with Gasteiger partial charge < -0.3 is 5.73 Å². The normalized spacial score (nSPS) is 19.5. The molecule has 0 amide bonds. The van der Waals surface area contributed by atoms with Crippen molar-refractivity contribution in [3.05, 3.63) is 34.6 Å². The second-order valence-corrected chi connectivity index (χ2v) is 5.64. The lowest BCUT2D eigenvalue weighted by molar-refractivity contribution is 0.371. The second-order valence-electron chi connectivity index (χ2n) is 5.24. The zero-order valence-corrected chi connectivity index (χ0v) is 11.4. The van der Waals surface area contributed by atoms with Gasteiger partial charge in [0.2, 0.25) is 0 Å². The Hall–Kier alpha value is -0.600. The summed E-state index contributed by atoms with van der Waals surface area (Å²) in [5, 5.41) is 0.208. The molecule has 1 fully saturated rings. The number of benzene rings is 1. The molecular formula is C15H21ClFN. The molecule has 1 aromatic rings. The minimum absolute atomic E-state index is 0.113. The van der Waals surface area contributed by atoms with Crippen LogP contribution in [0.2, 0.25) is 5.02 Å². The Morgan fingerprint density at radius 3 is 2.50 bits per heavy atom. The number of halogens is 2. The minimum atomic E-state index is -0.279. The van der Waals surface area contributed by atoms with Crippen molar-refractivity contribution in [1.29, 1.82) is 0 Å². The van der Waals surface area contributed by atoms with E-state index in [9.17, 15) is 4.39 Å². The van der Waals surface area contributed by atoms with Crippen LogP contribution in [-0.2, 0) is 0 Å². The first kappa shape index (κ1) is 13.8. The quantitative estimate of drug-likeness (QED) is 0.804. The molecule has 3 heteroatoms. The molecular weight excluding hydrogens is 249 g/mol. The Morgan fingerprint density at radius 2 is 1.89 bits per heavy atom. The van der Waals surface area contributed by atoms with Crippen molar-refractivity contribution < 1.29 is 4.39 Å². The van der Waals surface area contributed by atoms with Crippen molar-refractivity contribution in [3.8, 4) is 0 Å². The summed E-state index contributed by atoms with van der Waals surface area (Å²) in [7, 11) is 0. The smallest absolute Gasteiger partial charge is 0.145 e. The van der Waals surface area contributed by atoms with E-state index in [-0.39, 0.29) is 16.8 Å². The van der Waals surface area contributed by atoms with Crippen LogP contribution >= 0.6 is 11.6 Å². The third-order valence-electron chi connectivity index (χ3n) is 4.10. The molecule has 1 nitrogen and oxygen atoms in total. The second kappa shape index (κ2) is 6.53. The lowest BCUT2D eigenvalue weighted by Gasteiger charge is -2.26. The lowest BCUT2D eigenvalue weighted by Crippen LogP contribution is -2.22. The van der Waals surface area contributed by atoms with Crippen molar-refractivity contribution >= 4 is 11.6 Å². The SMILES string of the molecule is NCC(c1cccc(Cl)c1F)C1CCCCCC1. The fraction of sp³-hybridized carbons (Fsp3) is 0.600. The molecule has 1 atom stereocenters. The minimum Gasteiger partial charge on any atom is -0.330 e. The van der Waals surface area contributed by atoms with Gasteiger partial charge in [-0.2, -0.15) is 0 Å². The molecule has 0 bridgehead atoms. The third-order valence-corrected chi connectivity index (χ3v) is 4.40. The molecule has 1 aliphatic rings. The van der Waals surface area contributed by atoms with Crippen LogP contribution < -0.4 is 5.73 Å². The van der Waals surface area contributed by atoms with Crippen LogP contribution in [-0.4, -0.2) is 6.54 Å². The van der Waals surface area contributed by atoms with Gasteiger partial charge in [-0.25, -0.2) is 4.39 Å². The average molecular weight is 270 g/mol. The highest BCUT2D eigenvalue weighted by molar-refractivity contribution is 6.30. The van der Waals surface area contributed by atoms with E-state index in [1.165, 1.54) is 25.7 Å². The molecule has 2 rings (SSSR count). The van der Waals surface area contributed by atoms with Crippen LogP contribution in [0.3, 0.4) is 0 Å². The summed E-state index contributed by atoms with van der Waals surface area (Å²) >= 11 is 5.87. The first-order valence-corrected chi connectivity index (χ1v) is 7.25. The Kier molecular flexibility index (Phi) is 5.02. The summed E-state index contributed by atoms with van der Waals surface area (Å²) in [6.07, 6.45) is 7.39. The van der Waals surface area contributed by atoms with Gasteiger partial charge in [0.05, 0.1) is 5.02 Å². The van der Waals surface area contributed by atoms with Gasteiger partial charge in [0.15, 0.2) is 0 Å². The summed E-state index contributed by atoms with van der Waals surface area (Å²) in [4.78, 5) is 0. The number of nitrogens with two attached hydrogens (primary N) is 1. The van der Waals surface area contributed by atoms with Crippen LogP contribution in [0.1, 0.15) is 50.0 Å². The molecule has 0 saturated heterocycles. The van der Waals surface area contributed by atoms with E-state index in [1.807, 2.05) is 12.1 Å². The van der Waals surface area contributed by atoms with Crippen molar-refractivity contribution in [2.75, 3.05) is 6.54 Å². The summed E-state index contributed by atoms with van der Waals surface area (Å²) in [5.74, 6) is 0.339.